The number of aromatic nitrogens is 1. The van der Waals surface area contributed by atoms with Crippen LogP contribution in [0.1, 0.15) is 67.0 Å². The summed E-state index contributed by atoms with van der Waals surface area (Å²) in [6.07, 6.45) is 4.76. The first-order chi connectivity index (χ1) is 18.9. The van der Waals surface area contributed by atoms with Gasteiger partial charge in [0.25, 0.3) is 5.92 Å². The van der Waals surface area contributed by atoms with Gasteiger partial charge in [0.15, 0.2) is 0 Å². The predicted octanol–water partition coefficient (Wildman–Crippen LogP) is 5.24. The minimum absolute atomic E-state index is 0.00381. The molecule has 0 spiro atoms. The number of unbranched alkanes of at least 4 members (excludes halogenated alkanes) is 1. The van der Waals surface area contributed by atoms with Crippen molar-refractivity contribution in [2.45, 2.75) is 76.0 Å². The van der Waals surface area contributed by atoms with E-state index >= 15 is 8.78 Å². The Balaban J connectivity index is 1.15. The van der Waals surface area contributed by atoms with Crippen LogP contribution >= 0.6 is 0 Å². The number of pyridine rings is 1. The second kappa shape index (κ2) is 12.7. The van der Waals surface area contributed by atoms with E-state index in [1.54, 1.807) is 17.0 Å². The van der Waals surface area contributed by atoms with Crippen LogP contribution < -0.4 is 5.32 Å². The van der Waals surface area contributed by atoms with Gasteiger partial charge in [0.1, 0.15) is 11.9 Å². The quantitative estimate of drug-likeness (QED) is 0.354. The normalized spacial score (nSPS) is 22.4. The lowest BCUT2D eigenvalue weighted by molar-refractivity contribution is -0.143. The minimum Gasteiger partial charge on any atom is -0.480 e. The van der Waals surface area contributed by atoms with Gasteiger partial charge in [0.2, 0.25) is 0 Å². The van der Waals surface area contributed by atoms with Crippen LogP contribution in [0.25, 0.3) is 0 Å². The molecule has 2 unspecified atom stereocenters. The molecule has 9 heteroatoms. The van der Waals surface area contributed by atoms with Crippen molar-refractivity contribution in [1.82, 2.24) is 9.88 Å². The molecule has 3 aliphatic heterocycles. The van der Waals surface area contributed by atoms with Gasteiger partial charge in [-0.2, -0.15) is 0 Å². The average Bonchev–Trinajstić information content (AvgIpc) is 3.64. The summed E-state index contributed by atoms with van der Waals surface area (Å²) in [5.41, 5.74) is 3.55. The van der Waals surface area contributed by atoms with Crippen LogP contribution in [0, 0.1) is 5.92 Å². The standard InChI is InChI=1S/C30H39F2N3O4/c31-30(32,14-4-3-8-24-11-10-21-7-5-15-33-28(21)34-24)23-12-16-35(18-23)27(29(36)37)26-9-2-1-6-22(26)19-39-25-13-17-38-20-25/h1-2,6,9-11,23,25,27H,3-5,7-8,12-20H2,(H,33,34)(H,36,37)/t23?,25-,27?/m1/s1. The van der Waals surface area contributed by atoms with Gasteiger partial charge in [-0.1, -0.05) is 30.3 Å². The molecule has 39 heavy (non-hydrogen) atoms. The number of carboxylic acids is 1. The van der Waals surface area contributed by atoms with E-state index < -0.39 is 23.9 Å². The Labute approximate surface area is 228 Å². The summed E-state index contributed by atoms with van der Waals surface area (Å²) >= 11 is 0. The van der Waals surface area contributed by atoms with Crippen molar-refractivity contribution >= 4 is 11.8 Å². The molecule has 2 fully saturated rings. The first-order valence-electron chi connectivity index (χ1n) is 14.3. The number of benzene rings is 1. The molecule has 212 valence electrons. The summed E-state index contributed by atoms with van der Waals surface area (Å²) < 4.78 is 41.8. The zero-order valence-electron chi connectivity index (χ0n) is 22.4. The van der Waals surface area contributed by atoms with E-state index in [4.69, 9.17) is 9.47 Å². The summed E-state index contributed by atoms with van der Waals surface area (Å²) in [6.45, 7) is 2.79. The number of fused-ring (bicyclic) bond motifs is 1. The van der Waals surface area contributed by atoms with E-state index in [1.807, 2.05) is 18.2 Å². The summed E-state index contributed by atoms with van der Waals surface area (Å²) in [5, 5.41) is 13.5. The topological polar surface area (TPSA) is 83.9 Å². The maximum Gasteiger partial charge on any atom is 0.325 e. The summed E-state index contributed by atoms with van der Waals surface area (Å²) in [6, 6.07) is 10.4. The molecule has 3 aliphatic rings. The van der Waals surface area contributed by atoms with Crippen LogP contribution in [-0.4, -0.2) is 65.8 Å². The Kier molecular flexibility index (Phi) is 9.10. The smallest absolute Gasteiger partial charge is 0.325 e. The van der Waals surface area contributed by atoms with Gasteiger partial charge in [0.05, 0.1) is 19.3 Å². The maximum absolute atomic E-state index is 15.3. The number of rotatable bonds is 12. The second-order valence-electron chi connectivity index (χ2n) is 11.0. The van der Waals surface area contributed by atoms with E-state index in [-0.39, 0.29) is 32.1 Å². The van der Waals surface area contributed by atoms with Crippen LogP contribution in [-0.2, 0) is 33.7 Å². The highest BCUT2D eigenvalue weighted by Gasteiger charge is 2.45. The molecule has 3 atom stereocenters. The van der Waals surface area contributed by atoms with Gasteiger partial charge in [-0.3, -0.25) is 9.69 Å². The predicted molar refractivity (Wildman–Crippen MR) is 144 cm³/mol. The molecule has 1 aromatic heterocycles. The summed E-state index contributed by atoms with van der Waals surface area (Å²) in [7, 11) is 0. The van der Waals surface area contributed by atoms with Gasteiger partial charge in [-0.05, 0) is 74.2 Å². The number of alkyl halides is 2. The molecule has 0 radical (unpaired) electrons. The molecule has 2 aromatic rings. The van der Waals surface area contributed by atoms with Crippen molar-refractivity contribution in [2.24, 2.45) is 5.92 Å². The van der Waals surface area contributed by atoms with Crippen molar-refractivity contribution in [3.8, 4) is 0 Å². The van der Waals surface area contributed by atoms with E-state index in [9.17, 15) is 9.90 Å². The van der Waals surface area contributed by atoms with Crippen LogP contribution in [0.3, 0.4) is 0 Å². The number of aliphatic carboxylic acids is 1. The number of hydrogen-bond donors (Lipinski definition) is 2. The number of halogens is 2. The molecule has 0 saturated carbocycles. The van der Waals surface area contributed by atoms with Crippen molar-refractivity contribution in [3.63, 3.8) is 0 Å². The average molecular weight is 544 g/mol. The SMILES string of the molecule is O=C(O)C(c1ccccc1CO[C@@H]1CCOC1)N1CCC(C(F)(F)CCCCc2ccc3c(n2)NCCC3)C1. The van der Waals surface area contributed by atoms with E-state index in [0.29, 0.717) is 44.6 Å². The van der Waals surface area contributed by atoms with Gasteiger partial charge < -0.3 is 19.9 Å². The Bertz CT molecular complexity index is 1130. The second-order valence-corrected chi connectivity index (χ2v) is 11.0. The van der Waals surface area contributed by atoms with Gasteiger partial charge >= 0.3 is 5.97 Å². The highest BCUT2D eigenvalue weighted by Crippen LogP contribution is 2.40. The monoisotopic (exact) mass is 543 g/mol. The Morgan fingerprint density at radius 2 is 2.10 bits per heavy atom. The number of hydrogen-bond acceptors (Lipinski definition) is 6. The Hall–Kier alpha value is -2.62. The molecular weight excluding hydrogens is 504 g/mol. The molecule has 5 rings (SSSR count). The molecule has 0 aliphatic carbocycles. The number of anilines is 1. The van der Waals surface area contributed by atoms with Crippen LogP contribution in [0.5, 0.6) is 0 Å². The third kappa shape index (κ3) is 6.94. The minimum atomic E-state index is -2.84. The van der Waals surface area contributed by atoms with Crippen molar-refractivity contribution < 1.29 is 28.2 Å². The van der Waals surface area contributed by atoms with Crippen LogP contribution in [0.15, 0.2) is 36.4 Å². The maximum atomic E-state index is 15.3. The number of carboxylic acid groups (broad SMARTS) is 1. The fourth-order valence-corrected chi connectivity index (χ4v) is 6.02. The van der Waals surface area contributed by atoms with Crippen molar-refractivity contribution in [1.29, 1.82) is 0 Å². The third-order valence-electron chi connectivity index (χ3n) is 8.27. The van der Waals surface area contributed by atoms with Crippen LogP contribution in [0.4, 0.5) is 14.6 Å². The number of carbonyl (C=O) groups is 1. The summed E-state index contributed by atoms with van der Waals surface area (Å²) in [5.74, 6) is -3.79. The first kappa shape index (κ1) is 27.9. The van der Waals surface area contributed by atoms with Gasteiger partial charge in [-0.25, -0.2) is 13.8 Å². The van der Waals surface area contributed by atoms with Crippen molar-refractivity contribution in [3.05, 3.63) is 58.8 Å². The van der Waals surface area contributed by atoms with Gasteiger partial charge in [-0.15, -0.1) is 0 Å². The molecule has 4 heterocycles. The number of nitrogens with one attached hydrogen (secondary N) is 1. The molecule has 0 amide bonds. The third-order valence-corrected chi connectivity index (χ3v) is 8.27. The molecular formula is C30H39F2N3O4. The highest BCUT2D eigenvalue weighted by molar-refractivity contribution is 5.76. The lowest BCUT2D eigenvalue weighted by Crippen LogP contribution is -2.36. The molecule has 2 saturated heterocycles. The zero-order chi connectivity index (χ0) is 27.2. The molecule has 1 aromatic carbocycles. The molecule has 7 nitrogen and oxygen atoms in total. The first-order valence-corrected chi connectivity index (χ1v) is 14.3. The van der Waals surface area contributed by atoms with E-state index in [2.05, 4.69) is 16.4 Å². The number of nitrogens with zero attached hydrogens (tertiary/aromatic N) is 2. The molecule has 2 N–H and O–H groups in total. The van der Waals surface area contributed by atoms with Crippen molar-refractivity contribution in [2.75, 3.05) is 38.2 Å². The van der Waals surface area contributed by atoms with Crippen LogP contribution in [0.2, 0.25) is 0 Å². The lowest BCUT2D eigenvalue weighted by atomic mass is 9.94. The fourth-order valence-electron chi connectivity index (χ4n) is 6.02. The fraction of sp³-hybridized carbons (Fsp3) is 0.600. The van der Waals surface area contributed by atoms with Gasteiger partial charge in [0, 0.05) is 37.7 Å². The Morgan fingerprint density at radius 1 is 1.23 bits per heavy atom. The summed E-state index contributed by atoms with van der Waals surface area (Å²) in [4.78, 5) is 18.8. The zero-order valence-corrected chi connectivity index (χ0v) is 22.4. The number of likely N-dealkylation sites (tertiary alicyclic amines) is 1. The highest BCUT2D eigenvalue weighted by atomic mass is 19.3. The number of aryl methyl sites for hydroxylation is 2. The van der Waals surface area contributed by atoms with E-state index in [0.717, 1.165) is 42.9 Å². The largest absolute Gasteiger partial charge is 0.480 e. The number of ether oxygens (including phenoxy) is 2. The lowest BCUT2D eigenvalue weighted by Gasteiger charge is -2.28. The van der Waals surface area contributed by atoms with E-state index in [1.165, 1.54) is 5.56 Å². The Morgan fingerprint density at radius 3 is 2.92 bits per heavy atom. The molecule has 0 bridgehead atoms.